The van der Waals surface area contributed by atoms with Gasteiger partial charge < -0.3 is 15.4 Å². The number of carbonyl (C=O) groups is 1. The van der Waals surface area contributed by atoms with Gasteiger partial charge in [0.25, 0.3) is 5.91 Å². The number of nitrogens with zero attached hydrogens (tertiary/aromatic N) is 4. The number of hydrogen-bond acceptors (Lipinski definition) is 6. The lowest BCUT2D eigenvalue weighted by molar-refractivity contribution is 0.0993. The van der Waals surface area contributed by atoms with Crippen LogP contribution in [0.1, 0.15) is 10.5 Å². The maximum Gasteiger partial charge on any atom is 0.270 e. The fourth-order valence-corrected chi connectivity index (χ4v) is 1.29. The van der Waals surface area contributed by atoms with Gasteiger partial charge >= 0.3 is 0 Å². The summed E-state index contributed by atoms with van der Waals surface area (Å²) in [6, 6.07) is 0. The van der Waals surface area contributed by atoms with Gasteiger partial charge in [0, 0.05) is 13.1 Å². The molecular weight excluding hydrogens is 198 g/mol. The van der Waals surface area contributed by atoms with E-state index in [0.717, 1.165) is 13.1 Å². The van der Waals surface area contributed by atoms with Gasteiger partial charge in [0.1, 0.15) is 0 Å². The van der Waals surface area contributed by atoms with Crippen LogP contribution in [0, 0.1) is 0 Å². The molecule has 7 heteroatoms. The third-order valence-electron chi connectivity index (χ3n) is 2.10. The highest BCUT2D eigenvalue weighted by Crippen LogP contribution is 2.07. The summed E-state index contributed by atoms with van der Waals surface area (Å²) in [7, 11) is 0. The summed E-state index contributed by atoms with van der Waals surface area (Å²) in [5.41, 5.74) is 5.10. The first-order chi connectivity index (χ1) is 7.27. The Morgan fingerprint density at radius 3 is 2.67 bits per heavy atom. The highest BCUT2D eigenvalue weighted by Gasteiger charge is 2.14. The Morgan fingerprint density at radius 1 is 1.40 bits per heavy atom. The van der Waals surface area contributed by atoms with Crippen molar-refractivity contribution in [3.8, 4) is 0 Å². The predicted octanol–water partition coefficient (Wildman–Crippen LogP) is -1.19. The maximum absolute atomic E-state index is 10.7. The molecule has 0 atom stereocenters. The molecule has 0 aromatic carbocycles. The summed E-state index contributed by atoms with van der Waals surface area (Å²) in [6.07, 6.45) is 1.33. The van der Waals surface area contributed by atoms with Gasteiger partial charge in [-0.05, 0) is 0 Å². The third kappa shape index (κ3) is 2.18. The van der Waals surface area contributed by atoms with E-state index in [1.165, 1.54) is 6.20 Å². The molecule has 7 nitrogen and oxygen atoms in total. The molecule has 15 heavy (non-hydrogen) atoms. The van der Waals surface area contributed by atoms with Gasteiger partial charge in [0.15, 0.2) is 5.69 Å². The molecule has 1 saturated heterocycles. The van der Waals surface area contributed by atoms with Crippen molar-refractivity contribution in [2.75, 3.05) is 31.2 Å². The minimum Gasteiger partial charge on any atom is -0.378 e. The highest BCUT2D eigenvalue weighted by atomic mass is 16.5. The van der Waals surface area contributed by atoms with Crippen molar-refractivity contribution < 1.29 is 9.53 Å². The minimum absolute atomic E-state index is 0.0759. The zero-order chi connectivity index (χ0) is 10.7. The molecule has 2 N–H and O–H groups in total. The monoisotopic (exact) mass is 209 g/mol. The van der Waals surface area contributed by atoms with Crippen LogP contribution in [0.25, 0.3) is 0 Å². The van der Waals surface area contributed by atoms with E-state index in [4.69, 9.17) is 10.5 Å². The van der Waals surface area contributed by atoms with E-state index in [2.05, 4.69) is 15.2 Å². The minimum atomic E-state index is -0.622. The SMILES string of the molecule is NC(=O)c1cnc(N2CCOCC2)nn1. The van der Waals surface area contributed by atoms with E-state index in [1.54, 1.807) is 0 Å². The Bertz CT molecular complexity index is 347. The van der Waals surface area contributed by atoms with Crippen LogP contribution in [0.4, 0.5) is 5.95 Å². The van der Waals surface area contributed by atoms with Crippen molar-refractivity contribution >= 4 is 11.9 Å². The molecule has 0 aliphatic carbocycles. The van der Waals surface area contributed by atoms with Crippen molar-refractivity contribution in [1.29, 1.82) is 0 Å². The first-order valence-electron chi connectivity index (χ1n) is 4.59. The van der Waals surface area contributed by atoms with Crippen molar-refractivity contribution in [3.05, 3.63) is 11.9 Å². The van der Waals surface area contributed by atoms with Gasteiger partial charge in [-0.3, -0.25) is 4.79 Å². The lowest BCUT2D eigenvalue weighted by atomic mass is 10.4. The van der Waals surface area contributed by atoms with E-state index in [0.29, 0.717) is 19.2 Å². The van der Waals surface area contributed by atoms with Crippen molar-refractivity contribution in [2.45, 2.75) is 0 Å². The Kier molecular flexibility index (Phi) is 2.72. The first-order valence-corrected chi connectivity index (χ1v) is 4.59. The number of hydrogen-bond donors (Lipinski definition) is 1. The molecule has 1 aromatic heterocycles. The Morgan fingerprint density at radius 2 is 2.13 bits per heavy atom. The molecule has 0 bridgehead atoms. The Labute approximate surface area is 86.3 Å². The van der Waals surface area contributed by atoms with Crippen molar-refractivity contribution in [2.24, 2.45) is 5.73 Å². The largest absolute Gasteiger partial charge is 0.378 e. The van der Waals surface area contributed by atoms with E-state index in [9.17, 15) is 4.79 Å². The quantitative estimate of drug-likeness (QED) is 0.658. The number of nitrogens with two attached hydrogens (primary N) is 1. The second-order valence-electron chi connectivity index (χ2n) is 3.11. The zero-order valence-electron chi connectivity index (χ0n) is 8.09. The summed E-state index contributed by atoms with van der Waals surface area (Å²) in [5.74, 6) is -0.119. The van der Waals surface area contributed by atoms with Crippen LogP contribution in [-0.2, 0) is 4.74 Å². The number of rotatable bonds is 2. The number of carbonyl (C=O) groups excluding carboxylic acids is 1. The smallest absolute Gasteiger partial charge is 0.270 e. The molecule has 1 aliphatic rings. The number of ether oxygens (including phenoxy) is 1. The van der Waals surface area contributed by atoms with E-state index in [1.807, 2.05) is 4.90 Å². The lowest BCUT2D eigenvalue weighted by Gasteiger charge is -2.25. The summed E-state index contributed by atoms with van der Waals surface area (Å²) >= 11 is 0. The Balaban J connectivity index is 2.11. The number of aromatic nitrogens is 3. The molecule has 80 valence electrons. The second-order valence-corrected chi connectivity index (χ2v) is 3.11. The van der Waals surface area contributed by atoms with Crippen LogP contribution in [0.5, 0.6) is 0 Å². The number of morpholine rings is 1. The molecule has 0 saturated carbocycles. The molecule has 0 spiro atoms. The molecule has 1 fully saturated rings. The van der Waals surface area contributed by atoms with Crippen molar-refractivity contribution in [3.63, 3.8) is 0 Å². The molecule has 1 amide bonds. The van der Waals surface area contributed by atoms with E-state index < -0.39 is 5.91 Å². The van der Waals surface area contributed by atoms with Crippen LogP contribution in [0.15, 0.2) is 6.20 Å². The van der Waals surface area contributed by atoms with Gasteiger partial charge in [-0.2, -0.15) is 0 Å². The van der Waals surface area contributed by atoms with Gasteiger partial charge in [-0.15, -0.1) is 10.2 Å². The third-order valence-corrected chi connectivity index (χ3v) is 2.10. The normalized spacial score (nSPS) is 16.4. The average Bonchev–Trinajstić information content (AvgIpc) is 2.30. The van der Waals surface area contributed by atoms with Crippen LogP contribution < -0.4 is 10.6 Å². The fourth-order valence-electron chi connectivity index (χ4n) is 1.29. The highest BCUT2D eigenvalue weighted by molar-refractivity contribution is 5.90. The van der Waals surface area contributed by atoms with Gasteiger partial charge in [-0.1, -0.05) is 0 Å². The number of amides is 1. The maximum atomic E-state index is 10.7. The Hall–Kier alpha value is -1.76. The topological polar surface area (TPSA) is 94.2 Å². The standard InChI is InChI=1S/C8H11N5O2/c9-7(14)6-5-10-8(12-11-6)13-1-3-15-4-2-13/h5H,1-4H2,(H2,9,14). The zero-order valence-corrected chi connectivity index (χ0v) is 8.09. The number of primary amides is 1. The van der Waals surface area contributed by atoms with E-state index in [-0.39, 0.29) is 5.69 Å². The van der Waals surface area contributed by atoms with Gasteiger partial charge in [0.05, 0.1) is 19.4 Å². The molecule has 0 unspecified atom stereocenters. The van der Waals surface area contributed by atoms with Gasteiger partial charge in [0.2, 0.25) is 5.95 Å². The lowest BCUT2D eigenvalue weighted by Crippen LogP contribution is -2.37. The van der Waals surface area contributed by atoms with Crippen LogP contribution in [-0.4, -0.2) is 47.4 Å². The predicted molar refractivity (Wildman–Crippen MR) is 51.4 cm³/mol. The molecule has 0 radical (unpaired) electrons. The summed E-state index contributed by atoms with van der Waals surface area (Å²) in [6.45, 7) is 2.77. The van der Waals surface area contributed by atoms with Crippen LogP contribution in [0.2, 0.25) is 0 Å². The van der Waals surface area contributed by atoms with Crippen LogP contribution in [0.3, 0.4) is 0 Å². The summed E-state index contributed by atoms with van der Waals surface area (Å²) in [5, 5.41) is 7.52. The molecule has 2 rings (SSSR count). The van der Waals surface area contributed by atoms with Crippen LogP contribution >= 0.6 is 0 Å². The fraction of sp³-hybridized carbons (Fsp3) is 0.500. The van der Waals surface area contributed by atoms with Gasteiger partial charge in [-0.25, -0.2) is 4.98 Å². The summed E-state index contributed by atoms with van der Waals surface area (Å²) in [4.78, 5) is 16.7. The van der Waals surface area contributed by atoms with E-state index >= 15 is 0 Å². The average molecular weight is 209 g/mol. The molecular formula is C8H11N5O2. The molecule has 1 aromatic rings. The number of anilines is 1. The molecule has 1 aliphatic heterocycles. The summed E-state index contributed by atoms with van der Waals surface area (Å²) < 4.78 is 5.19. The second kappa shape index (κ2) is 4.18. The molecule has 2 heterocycles. The van der Waals surface area contributed by atoms with Crippen molar-refractivity contribution in [1.82, 2.24) is 15.2 Å². The first kappa shape index (κ1) is 9.78.